The van der Waals surface area contributed by atoms with Gasteiger partial charge in [-0.1, -0.05) is 13.3 Å². The molecule has 0 saturated carbocycles. The Balaban J connectivity index is 2.19. The van der Waals surface area contributed by atoms with Crippen molar-refractivity contribution in [2.24, 2.45) is 0 Å². The number of unbranched alkanes of at least 4 members (excludes halogenated alkanes) is 1. The Morgan fingerprint density at radius 2 is 2.05 bits per heavy atom. The number of fused-ring (bicyclic) bond motifs is 1. The zero-order valence-corrected chi connectivity index (χ0v) is 13.2. The summed E-state index contributed by atoms with van der Waals surface area (Å²) in [7, 11) is -3.36. The van der Waals surface area contributed by atoms with Crippen LogP contribution in [0.4, 0.5) is 11.4 Å². The van der Waals surface area contributed by atoms with Gasteiger partial charge in [0.15, 0.2) is 5.60 Å². The van der Waals surface area contributed by atoms with Crippen molar-refractivity contribution in [3.05, 3.63) is 18.2 Å². The van der Waals surface area contributed by atoms with Gasteiger partial charge in [0.25, 0.3) is 5.91 Å². The summed E-state index contributed by atoms with van der Waals surface area (Å²) in [4.78, 5) is 11.8. The summed E-state index contributed by atoms with van der Waals surface area (Å²) >= 11 is 0. The largest absolute Gasteiger partial charge is 0.476 e. The molecule has 7 heteroatoms. The predicted molar refractivity (Wildman–Crippen MR) is 82.1 cm³/mol. The molecule has 0 bridgehead atoms. The molecule has 1 amide bonds. The average molecular weight is 312 g/mol. The summed E-state index contributed by atoms with van der Waals surface area (Å²) in [5, 5.41) is 2.72. The Labute approximate surface area is 124 Å². The Hall–Kier alpha value is -1.76. The maximum absolute atomic E-state index is 11.9. The lowest BCUT2D eigenvalue weighted by Crippen LogP contribution is -2.45. The fraction of sp³-hybridized carbons (Fsp3) is 0.500. The number of rotatable bonds is 5. The van der Waals surface area contributed by atoms with E-state index in [-0.39, 0.29) is 11.7 Å². The molecule has 1 heterocycles. The maximum Gasteiger partial charge on any atom is 0.268 e. The Bertz CT molecular complexity index is 653. The maximum atomic E-state index is 11.9. The number of benzene rings is 1. The number of hydrogen-bond donors (Lipinski definition) is 2. The monoisotopic (exact) mass is 312 g/mol. The van der Waals surface area contributed by atoms with Crippen LogP contribution in [0.1, 0.15) is 33.6 Å². The highest BCUT2D eigenvalue weighted by molar-refractivity contribution is 7.92. The van der Waals surface area contributed by atoms with E-state index < -0.39 is 15.6 Å². The molecular formula is C14H20N2O4S. The molecule has 0 aromatic heterocycles. The van der Waals surface area contributed by atoms with Gasteiger partial charge in [0.2, 0.25) is 10.0 Å². The molecule has 0 saturated heterocycles. The van der Waals surface area contributed by atoms with Crippen LogP contribution in [0.25, 0.3) is 0 Å². The number of hydrogen-bond acceptors (Lipinski definition) is 4. The van der Waals surface area contributed by atoms with Crippen LogP contribution in [0.3, 0.4) is 0 Å². The first-order valence-electron chi connectivity index (χ1n) is 6.88. The van der Waals surface area contributed by atoms with E-state index in [2.05, 4.69) is 10.0 Å². The molecule has 2 rings (SSSR count). The first-order chi connectivity index (χ1) is 9.73. The highest BCUT2D eigenvalue weighted by atomic mass is 32.2. The molecule has 0 spiro atoms. The standard InChI is InChI=1S/C14H20N2O4S/c1-4-5-8-21(18,19)16-10-6-7-12-11(9-10)15-13(17)14(2,3)20-12/h6-7,9,16H,4-5,8H2,1-3H3,(H,15,17). The van der Waals surface area contributed by atoms with E-state index in [0.29, 0.717) is 23.5 Å². The summed E-state index contributed by atoms with van der Waals surface area (Å²) in [5.74, 6) is 0.341. The molecular weight excluding hydrogens is 292 g/mol. The van der Waals surface area contributed by atoms with Gasteiger partial charge in [-0.25, -0.2) is 8.42 Å². The second-order valence-corrected chi connectivity index (χ2v) is 7.39. The summed E-state index contributed by atoms with van der Waals surface area (Å²) in [5.41, 5.74) is -0.0572. The summed E-state index contributed by atoms with van der Waals surface area (Å²) in [6.45, 7) is 5.28. The molecule has 2 N–H and O–H groups in total. The smallest absolute Gasteiger partial charge is 0.268 e. The average Bonchev–Trinajstić information content (AvgIpc) is 2.38. The highest BCUT2D eigenvalue weighted by Gasteiger charge is 2.35. The van der Waals surface area contributed by atoms with Crippen LogP contribution in [-0.4, -0.2) is 25.7 Å². The number of carbonyl (C=O) groups is 1. The van der Waals surface area contributed by atoms with Crippen LogP contribution >= 0.6 is 0 Å². The van der Waals surface area contributed by atoms with Gasteiger partial charge in [-0.15, -0.1) is 0 Å². The SMILES string of the molecule is CCCCS(=O)(=O)Nc1ccc2c(c1)NC(=O)C(C)(C)O2. The van der Waals surface area contributed by atoms with Crippen molar-refractivity contribution in [3.8, 4) is 5.75 Å². The summed E-state index contributed by atoms with van der Waals surface area (Å²) in [6.07, 6.45) is 1.42. The van der Waals surface area contributed by atoms with Crippen LogP contribution < -0.4 is 14.8 Å². The minimum absolute atomic E-state index is 0.0798. The molecule has 1 aromatic carbocycles. The first kappa shape index (κ1) is 15.6. The third-order valence-corrected chi connectivity index (χ3v) is 4.55. The molecule has 0 atom stereocenters. The Morgan fingerprint density at radius 1 is 1.33 bits per heavy atom. The van der Waals surface area contributed by atoms with Crippen molar-refractivity contribution >= 4 is 27.3 Å². The minimum Gasteiger partial charge on any atom is -0.476 e. The van der Waals surface area contributed by atoms with E-state index >= 15 is 0 Å². The summed E-state index contributed by atoms with van der Waals surface area (Å²) in [6, 6.07) is 4.83. The normalized spacial score (nSPS) is 16.6. The lowest BCUT2D eigenvalue weighted by Gasteiger charge is -2.31. The molecule has 116 valence electrons. The van der Waals surface area contributed by atoms with Crippen molar-refractivity contribution in [1.29, 1.82) is 0 Å². The van der Waals surface area contributed by atoms with E-state index in [9.17, 15) is 13.2 Å². The third kappa shape index (κ3) is 3.66. The molecule has 1 aliphatic rings. The van der Waals surface area contributed by atoms with Gasteiger partial charge in [-0.2, -0.15) is 0 Å². The zero-order chi connectivity index (χ0) is 15.7. The molecule has 0 fully saturated rings. The quantitative estimate of drug-likeness (QED) is 0.874. The van der Waals surface area contributed by atoms with Gasteiger partial charge in [0.1, 0.15) is 5.75 Å². The lowest BCUT2D eigenvalue weighted by atomic mass is 10.1. The number of anilines is 2. The topological polar surface area (TPSA) is 84.5 Å². The summed E-state index contributed by atoms with van der Waals surface area (Å²) < 4.78 is 31.8. The second kappa shape index (κ2) is 5.55. The minimum atomic E-state index is -3.36. The van der Waals surface area contributed by atoms with Gasteiger partial charge >= 0.3 is 0 Å². The lowest BCUT2D eigenvalue weighted by molar-refractivity contribution is -0.129. The van der Waals surface area contributed by atoms with Crippen molar-refractivity contribution in [1.82, 2.24) is 0 Å². The molecule has 1 aliphatic heterocycles. The number of amides is 1. The first-order valence-corrected chi connectivity index (χ1v) is 8.54. The number of sulfonamides is 1. The number of nitrogens with one attached hydrogen (secondary N) is 2. The van der Waals surface area contributed by atoms with Crippen LogP contribution in [0.2, 0.25) is 0 Å². The van der Waals surface area contributed by atoms with Crippen molar-refractivity contribution in [2.45, 2.75) is 39.2 Å². The fourth-order valence-electron chi connectivity index (χ4n) is 1.94. The van der Waals surface area contributed by atoms with E-state index in [1.54, 1.807) is 32.0 Å². The van der Waals surface area contributed by atoms with E-state index in [4.69, 9.17) is 4.74 Å². The molecule has 21 heavy (non-hydrogen) atoms. The van der Waals surface area contributed by atoms with E-state index in [0.717, 1.165) is 6.42 Å². The molecule has 0 unspecified atom stereocenters. The fourth-order valence-corrected chi connectivity index (χ4v) is 3.20. The van der Waals surface area contributed by atoms with Gasteiger partial charge < -0.3 is 10.1 Å². The van der Waals surface area contributed by atoms with Gasteiger partial charge in [-0.3, -0.25) is 9.52 Å². The second-order valence-electron chi connectivity index (χ2n) is 5.55. The van der Waals surface area contributed by atoms with Crippen molar-refractivity contribution < 1.29 is 17.9 Å². The molecule has 0 aliphatic carbocycles. The highest BCUT2D eigenvalue weighted by Crippen LogP contribution is 2.35. The molecule has 0 radical (unpaired) electrons. The zero-order valence-electron chi connectivity index (χ0n) is 12.4. The molecule has 6 nitrogen and oxygen atoms in total. The van der Waals surface area contributed by atoms with Gasteiger partial charge in [-0.05, 0) is 38.5 Å². The van der Waals surface area contributed by atoms with E-state index in [1.165, 1.54) is 0 Å². The predicted octanol–water partition coefficient (Wildman–Crippen LogP) is 2.34. The van der Waals surface area contributed by atoms with Crippen LogP contribution in [0.5, 0.6) is 5.75 Å². The van der Waals surface area contributed by atoms with Gasteiger partial charge in [0.05, 0.1) is 17.1 Å². The van der Waals surface area contributed by atoms with Gasteiger partial charge in [0, 0.05) is 0 Å². The van der Waals surface area contributed by atoms with Crippen molar-refractivity contribution in [2.75, 3.05) is 15.8 Å². The third-order valence-electron chi connectivity index (χ3n) is 3.18. The Kier molecular flexibility index (Phi) is 4.13. The van der Waals surface area contributed by atoms with Crippen LogP contribution in [-0.2, 0) is 14.8 Å². The van der Waals surface area contributed by atoms with E-state index in [1.807, 2.05) is 6.92 Å². The van der Waals surface area contributed by atoms with Crippen LogP contribution in [0.15, 0.2) is 18.2 Å². The molecule has 1 aromatic rings. The Morgan fingerprint density at radius 3 is 2.71 bits per heavy atom. The van der Waals surface area contributed by atoms with Crippen molar-refractivity contribution in [3.63, 3.8) is 0 Å². The number of ether oxygens (including phenoxy) is 1. The number of carbonyl (C=O) groups excluding carboxylic acids is 1. The van der Waals surface area contributed by atoms with Crippen LogP contribution in [0, 0.1) is 0 Å².